The average molecular weight is 201 g/mol. The van der Waals surface area contributed by atoms with Crippen LogP contribution in [0.5, 0.6) is 0 Å². The van der Waals surface area contributed by atoms with Crippen LogP contribution >= 0.6 is 0 Å². The average Bonchev–Trinajstić information content (AvgIpc) is 2.60. The van der Waals surface area contributed by atoms with Crippen molar-refractivity contribution < 1.29 is 4.79 Å². The molecular weight excluding hydrogens is 186 g/mol. The second-order valence-electron chi connectivity index (χ2n) is 3.61. The van der Waals surface area contributed by atoms with E-state index in [2.05, 4.69) is 18.7 Å². The molecule has 0 spiro atoms. The molecule has 78 valence electrons. The number of carbonyl (C=O) groups is 1. The van der Waals surface area contributed by atoms with Crippen molar-refractivity contribution in [2.75, 3.05) is 13.1 Å². The zero-order chi connectivity index (χ0) is 10.8. The molecule has 1 aliphatic rings. The molecule has 0 bridgehead atoms. The first kappa shape index (κ1) is 9.97. The van der Waals surface area contributed by atoms with E-state index >= 15 is 0 Å². The summed E-state index contributed by atoms with van der Waals surface area (Å²) in [7, 11) is 0. The summed E-state index contributed by atoms with van der Waals surface area (Å²) in [6, 6.07) is 7.81. The molecule has 15 heavy (non-hydrogen) atoms. The number of nitrogens with zero attached hydrogens (tertiary/aromatic N) is 1. The first-order valence-corrected chi connectivity index (χ1v) is 5.38. The fourth-order valence-electron chi connectivity index (χ4n) is 2.03. The molecule has 0 fully saturated rings. The van der Waals surface area contributed by atoms with Crippen molar-refractivity contribution in [2.24, 2.45) is 0 Å². The topological polar surface area (TPSA) is 20.3 Å². The van der Waals surface area contributed by atoms with Gasteiger partial charge in [0.2, 0.25) is 0 Å². The van der Waals surface area contributed by atoms with Gasteiger partial charge in [-0.25, -0.2) is 0 Å². The summed E-state index contributed by atoms with van der Waals surface area (Å²) in [6.07, 6.45) is 1.75. The largest absolute Gasteiger partial charge is 0.371 e. The van der Waals surface area contributed by atoms with E-state index in [0.29, 0.717) is 0 Å². The molecule has 0 heterocycles. The van der Waals surface area contributed by atoms with E-state index in [9.17, 15) is 4.79 Å². The van der Waals surface area contributed by atoms with Gasteiger partial charge in [-0.1, -0.05) is 24.3 Å². The standard InChI is InChI=1S/C13H15NO/c1-3-14(4-2)12-9-13(15)11-8-6-5-7-10(11)12/h5-9H,3-4H2,1-2H3. The molecular formula is C13H15NO. The number of hydrogen-bond donors (Lipinski definition) is 0. The number of fused-ring (bicyclic) bond motifs is 1. The highest BCUT2D eigenvalue weighted by molar-refractivity contribution is 6.16. The Morgan fingerprint density at radius 2 is 1.67 bits per heavy atom. The number of carbonyl (C=O) groups excluding carboxylic acids is 1. The van der Waals surface area contributed by atoms with Crippen LogP contribution in [0.15, 0.2) is 30.3 Å². The Hall–Kier alpha value is -1.57. The predicted molar refractivity (Wildman–Crippen MR) is 61.7 cm³/mol. The van der Waals surface area contributed by atoms with E-state index in [1.807, 2.05) is 24.3 Å². The summed E-state index contributed by atoms with van der Waals surface area (Å²) in [5, 5.41) is 0. The second-order valence-corrected chi connectivity index (χ2v) is 3.61. The molecule has 0 aliphatic heterocycles. The summed E-state index contributed by atoms with van der Waals surface area (Å²) in [6.45, 7) is 6.08. The third kappa shape index (κ3) is 1.56. The van der Waals surface area contributed by atoms with Gasteiger partial charge in [-0.2, -0.15) is 0 Å². The van der Waals surface area contributed by atoms with Gasteiger partial charge in [0.25, 0.3) is 0 Å². The Morgan fingerprint density at radius 3 is 2.27 bits per heavy atom. The van der Waals surface area contributed by atoms with E-state index in [1.165, 1.54) is 0 Å². The molecule has 0 saturated heterocycles. The lowest BCUT2D eigenvalue weighted by molar-refractivity contribution is 0.104. The number of benzene rings is 1. The van der Waals surface area contributed by atoms with Crippen molar-refractivity contribution in [3.8, 4) is 0 Å². The number of ketones is 1. The third-order valence-electron chi connectivity index (χ3n) is 2.84. The van der Waals surface area contributed by atoms with Crippen LogP contribution in [0, 0.1) is 0 Å². The normalized spacial score (nSPS) is 13.7. The monoisotopic (exact) mass is 201 g/mol. The first-order valence-electron chi connectivity index (χ1n) is 5.38. The summed E-state index contributed by atoms with van der Waals surface area (Å²) < 4.78 is 0. The van der Waals surface area contributed by atoms with Gasteiger partial charge in [-0.05, 0) is 13.8 Å². The molecule has 0 radical (unpaired) electrons. The van der Waals surface area contributed by atoms with Gasteiger partial charge in [0.1, 0.15) is 0 Å². The molecule has 0 amide bonds. The van der Waals surface area contributed by atoms with Gasteiger partial charge >= 0.3 is 0 Å². The van der Waals surface area contributed by atoms with Crippen LogP contribution in [0.1, 0.15) is 29.8 Å². The molecule has 0 aromatic heterocycles. The maximum atomic E-state index is 11.7. The third-order valence-corrected chi connectivity index (χ3v) is 2.84. The second kappa shape index (κ2) is 3.89. The molecule has 0 saturated carbocycles. The summed E-state index contributed by atoms with van der Waals surface area (Å²) >= 11 is 0. The summed E-state index contributed by atoms with van der Waals surface area (Å²) in [4.78, 5) is 13.9. The Balaban J connectivity index is 2.45. The number of rotatable bonds is 3. The fourth-order valence-corrected chi connectivity index (χ4v) is 2.03. The molecule has 1 aliphatic carbocycles. The van der Waals surface area contributed by atoms with Crippen molar-refractivity contribution in [1.29, 1.82) is 0 Å². The van der Waals surface area contributed by atoms with E-state index in [-0.39, 0.29) is 5.78 Å². The van der Waals surface area contributed by atoms with Crippen LogP contribution in [-0.4, -0.2) is 23.8 Å². The van der Waals surface area contributed by atoms with Crippen LogP contribution < -0.4 is 0 Å². The zero-order valence-corrected chi connectivity index (χ0v) is 9.16. The van der Waals surface area contributed by atoms with Crippen molar-refractivity contribution in [3.05, 3.63) is 41.5 Å². The van der Waals surface area contributed by atoms with Crippen molar-refractivity contribution in [3.63, 3.8) is 0 Å². The molecule has 0 atom stereocenters. The van der Waals surface area contributed by atoms with Crippen molar-refractivity contribution >= 4 is 11.5 Å². The SMILES string of the molecule is CCN(CC)C1=CC(=O)c2ccccc21. The van der Waals surface area contributed by atoms with Gasteiger partial charge < -0.3 is 4.90 Å². The van der Waals surface area contributed by atoms with Crippen molar-refractivity contribution in [2.45, 2.75) is 13.8 Å². The van der Waals surface area contributed by atoms with E-state index < -0.39 is 0 Å². The highest BCUT2D eigenvalue weighted by atomic mass is 16.1. The molecule has 1 aromatic rings. The molecule has 2 heteroatoms. The lowest BCUT2D eigenvalue weighted by atomic mass is 10.1. The Kier molecular flexibility index (Phi) is 2.58. The van der Waals surface area contributed by atoms with Crippen LogP contribution in [0.4, 0.5) is 0 Å². The molecule has 0 unspecified atom stereocenters. The Morgan fingerprint density at radius 1 is 1.07 bits per heavy atom. The van der Waals surface area contributed by atoms with E-state index in [4.69, 9.17) is 0 Å². The molecule has 2 nitrogen and oxygen atoms in total. The minimum absolute atomic E-state index is 0.132. The Labute approximate surface area is 90.2 Å². The van der Waals surface area contributed by atoms with Crippen LogP contribution in [0.25, 0.3) is 5.70 Å². The smallest absolute Gasteiger partial charge is 0.188 e. The summed E-state index contributed by atoms with van der Waals surface area (Å²) in [5.41, 5.74) is 2.98. The maximum Gasteiger partial charge on any atom is 0.188 e. The highest BCUT2D eigenvalue weighted by Crippen LogP contribution is 2.29. The summed E-state index contributed by atoms with van der Waals surface area (Å²) in [5.74, 6) is 0.132. The van der Waals surface area contributed by atoms with Gasteiger partial charge in [0.15, 0.2) is 5.78 Å². The van der Waals surface area contributed by atoms with Gasteiger partial charge in [0.05, 0.1) is 0 Å². The van der Waals surface area contributed by atoms with E-state index in [1.54, 1.807) is 6.08 Å². The Bertz CT molecular complexity index is 416. The predicted octanol–water partition coefficient (Wildman–Crippen LogP) is 2.57. The number of allylic oxidation sites excluding steroid dienone is 1. The molecule has 2 rings (SSSR count). The molecule has 1 aromatic carbocycles. The van der Waals surface area contributed by atoms with Crippen molar-refractivity contribution in [1.82, 2.24) is 4.90 Å². The minimum Gasteiger partial charge on any atom is -0.371 e. The first-order chi connectivity index (χ1) is 7.27. The molecule has 0 N–H and O–H groups in total. The highest BCUT2D eigenvalue weighted by Gasteiger charge is 2.22. The van der Waals surface area contributed by atoms with Crippen LogP contribution in [-0.2, 0) is 0 Å². The number of hydrogen-bond acceptors (Lipinski definition) is 2. The van der Waals surface area contributed by atoms with Gasteiger partial charge in [-0.15, -0.1) is 0 Å². The van der Waals surface area contributed by atoms with Crippen LogP contribution in [0.3, 0.4) is 0 Å². The van der Waals surface area contributed by atoms with Crippen LogP contribution in [0.2, 0.25) is 0 Å². The van der Waals surface area contributed by atoms with Gasteiger partial charge in [-0.3, -0.25) is 4.79 Å². The fraction of sp³-hybridized carbons (Fsp3) is 0.308. The minimum atomic E-state index is 0.132. The lowest BCUT2D eigenvalue weighted by Gasteiger charge is -2.22. The van der Waals surface area contributed by atoms with Gasteiger partial charge in [0, 0.05) is 36.0 Å². The zero-order valence-electron chi connectivity index (χ0n) is 9.16. The lowest BCUT2D eigenvalue weighted by Crippen LogP contribution is -2.20. The maximum absolute atomic E-state index is 11.7. The van der Waals surface area contributed by atoms with E-state index in [0.717, 1.165) is 29.9 Å². The quantitative estimate of drug-likeness (QED) is 0.749.